The van der Waals surface area contributed by atoms with E-state index in [-0.39, 0.29) is 22.6 Å². The molecule has 2 aliphatic rings. The number of benzene rings is 1. The van der Waals surface area contributed by atoms with Gasteiger partial charge in [0.25, 0.3) is 5.91 Å². The molecule has 2 aliphatic heterocycles. The molecule has 8 nitrogen and oxygen atoms in total. The zero-order valence-electron chi connectivity index (χ0n) is 18.0. The zero-order valence-corrected chi connectivity index (χ0v) is 18.9. The van der Waals surface area contributed by atoms with Crippen LogP contribution in [0.3, 0.4) is 0 Å². The molecule has 9 heteroatoms. The van der Waals surface area contributed by atoms with Gasteiger partial charge in [0.2, 0.25) is 15.9 Å². The highest BCUT2D eigenvalue weighted by molar-refractivity contribution is 7.89. The monoisotopic (exact) mass is 459 g/mol. The summed E-state index contributed by atoms with van der Waals surface area (Å²) in [5.74, 6) is -0.160. The van der Waals surface area contributed by atoms with E-state index in [0.717, 1.165) is 25.7 Å². The molecule has 3 heterocycles. The molecular weight excluding hydrogens is 430 g/mol. The van der Waals surface area contributed by atoms with Crippen molar-refractivity contribution >= 4 is 27.5 Å². The van der Waals surface area contributed by atoms with Crippen molar-refractivity contribution in [3.8, 4) is 0 Å². The number of anilines is 1. The first-order valence-corrected chi connectivity index (χ1v) is 12.6. The summed E-state index contributed by atoms with van der Waals surface area (Å²) in [5, 5.41) is 2.88. The van der Waals surface area contributed by atoms with Crippen molar-refractivity contribution in [3.63, 3.8) is 0 Å². The molecule has 0 spiro atoms. The lowest BCUT2D eigenvalue weighted by Gasteiger charge is -2.30. The van der Waals surface area contributed by atoms with E-state index in [2.05, 4.69) is 5.32 Å². The summed E-state index contributed by atoms with van der Waals surface area (Å²) >= 11 is 0. The number of nitrogens with one attached hydrogen (secondary N) is 1. The molecule has 2 saturated heterocycles. The van der Waals surface area contributed by atoms with Gasteiger partial charge in [0.1, 0.15) is 0 Å². The van der Waals surface area contributed by atoms with Crippen molar-refractivity contribution in [1.29, 1.82) is 0 Å². The summed E-state index contributed by atoms with van der Waals surface area (Å²) in [4.78, 5) is 27.0. The van der Waals surface area contributed by atoms with E-state index in [9.17, 15) is 18.0 Å². The van der Waals surface area contributed by atoms with Gasteiger partial charge in [0.05, 0.1) is 11.2 Å². The van der Waals surface area contributed by atoms with Gasteiger partial charge in [-0.05, 0) is 62.1 Å². The first-order chi connectivity index (χ1) is 15.4. The minimum atomic E-state index is -3.51. The molecule has 32 heavy (non-hydrogen) atoms. The third kappa shape index (κ3) is 5.05. The van der Waals surface area contributed by atoms with Crippen LogP contribution in [0.2, 0.25) is 0 Å². The van der Waals surface area contributed by atoms with Crippen molar-refractivity contribution < 1.29 is 22.4 Å². The predicted octanol–water partition coefficient (Wildman–Crippen LogP) is 3.34. The Balaban J connectivity index is 1.32. The number of piperidine rings is 1. The van der Waals surface area contributed by atoms with E-state index in [1.807, 2.05) is 0 Å². The molecule has 2 aromatic rings. The Morgan fingerprint density at radius 1 is 0.906 bits per heavy atom. The second-order valence-corrected chi connectivity index (χ2v) is 10.3. The maximum atomic E-state index is 12.9. The van der Waals surface area contributed by atoms with Crippen LogP contribution < -0.4 is 5.32 Å². The van der Waals surface area contributed by atoms with Gasteiger partial charge in [-0.15, -0.1) is 0 Å². The Labute approximate surface area is 188 Å². The fourth-order valence-electron chi connectivity index (χ4n) is 4.29. The molecule has 1 N–H and O–H groups in total. The van der Waals surface area contributed by atoms with Crippen LogP contribution in [0.5, 0.6) is 0 Å². The molecule has 172 valence electrons. The third-order valence-corrected chi connectivity index (χ3v) is 8.12. The van der Waals surface area contributed by atoms with E-state index < -0.39 is 10.0 Å². The van der Waals surface area contributed by atoms with Crippen LogP contribution in [0.1, 0.15) is 49.1 Å². The van der Waals surface area contributed by atoms with Gasteiger partial charge in [-0.2, -0.15) is 4.31 Å². The van der Waals surface area contributed by atoms with Crippen molar-refractivity contribution in [2.45, 2.75) is 43.4 Å². The molecule has 2 fully saturated rings. The topological polar surface area (TPSA) is 99.9 Å². The molecule has 0 radical (unpaired) electrons. The average Bonchev–Trinajstić information content (AvgIpc) is 3.20. The molecular formula is C23H29N3O5S. The number of likely N-dealkylation sites (tertiary alicyclic amines) is 1. The Bertz CT molecular complexity index is 1020. The van der Waals surface area contributed by atoms with Crippen molar-refractivity contribution in [2.24, 2.45) is 5.92 Å². The summed E-state index contributed by atoms with van der Waals surface area (Å²) in [7, 11) is -3.51. The lowest BCUT2D eigenvalue weighted by atomic mass is 9.95. The number of carbonyl (C=O) groups excluding carboxylic acids is 2. The maximum absolute atomic E-state index is 12.9. The van der Waals surface area contributed by atoms with Gasteiger partial charge < -0.3 is 14.6 Å². The largest absolute Gasteiger partial charge is 0.459 e. The van der Waals surface area contributed by atoms with Gasteiger partial charge >= 0.3 is 0 Å². The SMILES string of the molecule is O=C(Nc1ccc(S(=O)(=O)N2CCCCCC2)cc1)C1CCN(C(=O)c2ccco2)CC1. The summed E-state index contributed by atoms with van der Waals surface area (Å²) < 4.78 is 32.5. The summed E-state index contributed by atoms with van der Waals surface area (Å²) in [6.07, 6.45) is 6.51. The van der Waals surface area contributed by atoms with Gasteiger partial charge in [-0.25, -0.2) is 8.42 Å². The highest BCUT2D eigenvalue weighted by atomic mass is 32.2. The minimum absolute atomic E-state index is 0.113. The molecule has 4 rings (SSSR count). The molecule has 0 unspecified atom stereocenters. The van der Waals surface area contributed by atoms with E-state index >= 15 is 0 Å². The normalized spacial score (nSPS) is 18.8. The van der Waals surface area contributed by atoms with Crippen LogP contribution in [0.15, 0.2) is 52.0 Å². The van der Waals surface area contributed by atoms with Crippen molar-refractivity contribution in [1.82, 2.24) is 9.21 Å². The number of carbonyl (C=O) groups is 2. The second kappa shape index (κ2) is 9.87. The number of amides is 2. The summed E-state index contributed by atoms with van der Waals surface area (Å²) in [5.41, 5.74) is 0.568. The molecule has 0 aliphatic carbocycles. The van der Waals surface area contributed by atoms with Gasteiger partial charge in [-0.3, -0.25) is 9.59 Å². The first-order valence-electron chi connectivity index (χ1n) is 11.2. The number of hydrogen-bond acceptors (Lipinski definition) is 5. The van der Waals surface area contributed by atoms with Crippen LogP contribution in [0.25, 0.3) is 0 Å². The molecule has 1 aromatic heterocycles. The van der Waals surface area contributed by atoms with E-state index in [4.69, 9.17) is 4.42 Å². The number of nitrogens with zero attached hydrogens (tertiary/aromatic N) is 2. The predicted molar refractivity (Wildman–Crippen MR) is 120 cm³/mol. The van der Waals surface area contributed by atoms with Crippen LogP contribution in [-0.2, 0) is 14.8 Å². The highest BCUT2D eigenvalue weighted by Crippen LogP contribution is 2.24. The lowest BCUT2D eigenvalue weighted by Crippen LogP contribution is -2.41. The van der Waals surface area contributed by atoms with Crippen LogP contribution in [-0.4, -0.2) is 55.6 Å². The van der Waals surface area contributed by atoms with Crippen LogP contribution in [0.4, 0.5) is 5.69 Å². The van der Waals surface area contributed by atoms with Gasteiger partial charge in [0.15, 0.2) is 5.76 Å². The van der Waals surface area contributed by atoms with Crippen molar-refractivity contribution in [2.75, 3.05) is 31.5 Å². The summed E-state index contributed by atoms with van der Waals surface area (Å²) in [6, 6.07) is 9.70. The number of sulfonamides is 1. The maximum Gasteiger partial charge on any atom is 0.289 e. The molecule has 2 amide bonds. The minimum Gasteiger partial charge on any atom is -0.459 e. The van der Waals surface area contributed by atoms with E-state index in [1.165, 1.54) is 6.26 Å². The number of furan rings is 1. The molecule has 0 atom stereocenters. The van der Waals surface area contributed by atoms with E-state index in [0.29, 0.717) is 50.5 Å². The average molecular weight is 460 g/mol. The number of rotatable bonds is 5. The molecule has 0 saturated carbocycles. The highest BCUT2D eigenvalue weighted by Gasteiger charge is 2.29. The fourth-order valence-corrected chi connectivity index (χ4v) is 5.80. The van der Waals surface area contributed by atoms with Crippen molar-refractivity contribution in [3.05, 3.63) is 48.4 Å². The first kappa shape index (κ1) is 22.5. The smallest absolute Gasteiger partial charge is 0.289 e. The van der Waals surface area contributed by atoms with Crippen LogP contribution >= 0.6 is 0 Å². The standard InChI is InChI=1S/C23H29N3O5S/c27-22(18-11-15-25(16-12-18)23(28)21-6-5-17-31-21)24-19-7-9-20(10-8-19)32(29,30)26-13-3-1-2-4-14-26/h5-10,17-18H,1-4,11-16H2,(H,24,27). The Morgan fingerprint density at radius 2 is 1.56 bits per heavy atom. The Kier molecular flexibility index (Phi) is 6.95. The Morgan fingerprint density at radius 3 is 2.16 bits per heavy atom. The Hall–Kier alpha value is -2.65. The number of hydrogen-bond donors (Lipinski definition) is 1. The summed E-state index contributed by atoms with van der Waals surface area (Å²) in [6.45, 7) is 2.10. The lowest BCUT2D eigenvalue weighted by molar-refractivity contribution is -0.121. The second-order valence-electron chi connectivity index (χ2n) is 8.38. The molecule has 1 aromatic carbocycles. The van der Waals surface area contributed by atoms with E-state index in [1.54, 1.807) is 45.6 Å². The third-order valence-electron chi connectivity index (χ3n) is 6.21. The van der Waals surface area contributed by atoms with Gasteiger partial charge in [-0.1, -0.05) is 12.8 Å². The van der Waals surface area contributed by atoms with Crippen LogP contribution in [0, 0.1) is 5.92 Å². The quantitative estimate of drug-likeness (QED) is 0.739. The van der Waals surface area contributed by atoms with Gasteiger partial charge in [0, 0.05) is 37.8 Å². The zero-order chi connectivity index (χ0) is 22.6. The molecule has 0 bridgehead atoms. The fraction of sp³-hybridized carbons (Fsp3) is 0.478.